The van der Waals surface area contributed by atoms with Crippen molar-refractivity contribution in [2.45, 2.75) is 26.3 Å². The van der Waals surface area contributed by atoms with Crippen molar-refractivity contribution in [3.63, 3.8) is 0 Å². The summed E-state index contributed by atoms with van der Waals surface area (Å²) in [6.07, 6.45) is 0.630. The number of hydrogen-bond donors (Lipinski definition) is 1. The summed E-state index contributed by atoms with van der Waals surface area (Å²) in [6.45, 7) is 4.01. The minimum absolute atomic E-state index is 0.0969. The van der Waals surface area contributed by atoms with Crippen molar-refractivity contribution in [1.29, 1.82) is 0 Å². The third-order valence-corrected chi connectivity index (χ3v) is 4.61. The zero-order valence-electron chi connectivity index (χ0n) is 10.8. The SMILES string of the molecule is CCCS(=O)(=O)CCN[C@H](C)c1ccccc1F. The van der Waals surface area contributed by atoms with Crippen molar-refractivity contribution in [2.24, 2.45) is 0 Å². The van der Waals surface area contributed by atoms with E-state index in [9.17, 15) is 12.8 Å². The maximum atomic E-state index is 13.5. The average molecular weight is 273 g/mol. The van der Waals surface area contributed by atoms with Crippen LogP contribution in [-0.2, 0) is 9.84 Å². The standard InChI is InChI=1S/C13H20FNO2S/c1-3-9-18(16,17)10-8-15-11(2)12-6-4-5-7-13(12)14/h4-7,11,15H,3,8-10H2,1-2H3/t11-/m1/s1. The first-order chi connectivity index (χ1) is 8.46. The van der Waals surface area contributed by atoms with Crippen LogP contribution in [0.1, 0.15) is 31.9 Å². The fourth-order valence-corrected chi connectivity index (χ4v) is 3.04. The van der Waals surface area contributed by atoms with Crippen molar-refractivity contribution in [3.05, 3.63) is 35.6 Å². The minimum Gasteiger partial charge on any atom is -0.309 e. The maximum Gasteiger partial charge on any atom is 0.151 e. The molecular weight excluding hydrogens is 253 g/mol. The largest absolute Gasteiger partial charge is 0.309 e. The molecule has 1 aromatic carbocycles. The van der Waals surface area contributed by atoms with Gasteiger partial charge in [0.1, 0.15) is 5.82 Å². The van der Waals surface area contributed by atoms with Crippen molar-refractivity contribution in [2.75, 3.05) is 18.1 Å². The Bertz CT molecular complexity index is 474. The lowest BCUT2D eigenvalue weighted by atomic mass is 10.1. The summed E-state index contributed by atoms with van der Waals surface area (Å²) in [6, 6.07) is 6.32. The van der Waals surface area contributed by atoms with Crippen LogP contribution in [0.2, 0.25) is 0 Å². The molecule has 18 heavy (non-hydrogen) atoms. The van der Waals surface area contributed by atoms with Gasteiger partial charge in [0, 0.05) is 23.9 Å². The number of sulfone groups is 1. The van der Waals surface area contributed by atoms with Gasteiger partial charge in [-0.1, -0.05) is 25.1 Å². The van der Waals surface area contributed by atoms with Crippen LogP contribution < -0.4 is 5.32 Å². The second-order valence-electron chi connectivity index (χ2n) is 4.35. The topological polar surface area (TPSA) is 46.2 Å². The monoisotopic (exact) mass is 273 g/mol. The number of nitrogens with one attached hydrogen (secondary N) is 1. The van der Waals surface area contributed by atoms with Crippen molar-refractivity contribution < 1.29 is 12.8 Å². The summed E-state index contributed by atoms with van der Waals surface area (Å²) in [4.78, 5) is 0. The normalized spacial score (nSPS) is 13.5. The lowest BCUT2D eigenvalue weighted by molar-refractivity contribution is 0.536. The average Bonchev–Trinajstić information content (AvgIpc) is 2.29. The van der Waals surface area contributed by atoms with Gasteiger partial charge in [-0.2, -0.15) is 0 Å². The molecule has 0 aliphatic heterocycles. The van der Waals surface area contributed by atoms with Crippen LogP contribution in [0.5, 0.6) is 0 Å². The first kappa shape index (κ1) is 15.1. The minimum atomic E-state index is -2.98. The van der Waals surface area contributed by atoms with Crippen LogP contribution in [-0.4, -0.2) is 26.5 Å². The maximum absolute atomic E-state index is 13.5. The predicted molar refractivity (Wildman–Crippen MR) is 71.8 cm³/mol. The fourth-order valence-electron chi connectivity index (χ4n) is 1.78. The zero-order valence-corrected chi connectivity index (χ0v) is 11.6. The molecule has 0 spiro atoms. The van der Waals surface area contributed by atoms with E-state index in [1.807, 2.05) is 13.8 Å². The summed E-state index contributed by atoms with van der Waals surface area (Å²) < 4.78 is 36.5. The van der Waals surface area contributed by atoms with E-state index < -0.39 is 9.84 Å². The van der Waals surface area contributed by atoms with E-state index in [2.05, 4.69) is 5.32 Å². The van der Waals surface area contributed by atoms with Gasteiger partial charge in [0.2, 0.25) is 0 Å². The summed E-state index contributed by atoms with van der Waals surface area (Å²) in [5.74, 6) is 0.0384. The molecule has 0 aliphatic rings. The van der Waals surface area contributed by atoms with Crippen LogP contribution in [0.3, 0.4) is 0 Å². The smallest absolute Gasteiger partial charge is 0.151 e. The molecule has 0 fully saturated rings. The fraction of sp³-hybridized carbons (Fsp3) is 0.538. The van der Waals surface area contributed by atoms with E-state index in [1.165, 1.54) is 6.07 Å². The Morgan fingerprint density at radius 3 is 2.56 bits per heavy atom. The van der Waals surface area contributed by atoms with Gasteiger partial charge in [-0.25, -0.2) is 12.8 Å². The van der Waals surface area contributed by atoms with E-state index in [1.54, 1.807) is 18.2 Å². The van der Waals surface area contributed by atoms with Crippen LogP contribution in [0.4, 0.5) is 4.39 Å². The highest BCUT2D eigenvalue weighted by Gasteiger charge is 2.12. The van der Waals surface area contributed by atoms with Gasteiger partial charge in [-0.15, -0.1) is 0 Å². The molecule has 102 valence electrons. The van der Waals surface area contributed by atoms with Crippen LogP contribution >= 0.6 is 0 Å². The van der Waals surface area contributed by atoms with Gasteiger partial charge in [0.15, 0.2) is 9.84 Å². The van der Waals surface area contributed by atoms with Crippen molar-refractivity contribution in [1.82, 2.24) is 5.32 Å². The predicted octanol–water partition coefficient (Wildman–Crippen LogP) is 2.30. The van der Waals surface area contributed by atoms with Crippen LogP contribution in [0.25, 0.3) is 0 Å². The number of hydrogen-bond acceptors (Lipinski definition) is 3. The molecule has 0 unspecified atom stereocenters. The van der Waals surface area contributed by atoms with Gasteiger partial charge in [-0.05, 0) is 19.4 Å². The summed E-state index contributed by atoms with van der Waals surface area (Å²) in [5.41, 5.74) is 0.561. The van der Waals surface area contributed by atoms with E-state index in [-0.39, 0.29) is 23.4 Å². The first-order valence-corrected chi connectivity index (χ1v) is 7.96. The first-order valence-electron chi connectivity index (χ1n) is 6.14. The van der Waals surface area contributed by atoms with Gasteiger partial charge >= 0.3 is 0 Å². The number of benzene rings is 1. The Hall–Kier alpha value is -0.940. The molecule has 1 aromatic rings. The van der Waals surface area contributed by atoms with E-state index >= 15 is 0 Å². The zero-order chi connectivity index (χ0) is 13.6. The quantitative estimate of drug-likeness (QED) is 0.829. The van der Waals surface area contributed by atoms with Crippen LogP contribution in [0.15, 0.2) is 24.3 Å². The third-order valence-electron chi connectivity index (χ3n) is 2.75. The lowest BCUT2D eigenvalue weighted by Gasteiger charge is -2.14. The summed E-state index contributed by atoms with van der Waals surface area (Å²) in [7, 11) is -2.98. The molecule has 0 aromatic heterocycles. The van der Waals surface area contributed by atoms with Gasteiger partial charge in [0.25, 0.3) is 0 Å². The molecule has 0 heterocycles. The highest BCUT2D eigenvalue weighted by atomic mass is 32.2. The Morgan fingerprint density at radius 1 is 1.28 bits per heavy atom. The van der Waals surface area contributed by atoms with E-state index in [0.29, 0.717) is 18.5 Å². The molecule has 5 heteroatoms. The Balaban J connectivity index is 2.48. The molecule has 0 radical (unpaired) electrons. The molecule has 1 rings (SSSR count). The summed E-state index contributed by atoms with van der Waals surface area (Å²) in [5, 5.41) is 3.04. The second-order valence-corrected chi connectivity index (χ2v) is 6.65. The second kappa shape index (κ2) is 6.85. The highest BCUT2D eigenvalue weighted by Crippen LogP contribution is 2.15. The molecule has 0 aliphatic carbocycles. The number of rotatable bonds is 7. The molecule has 0 amide bonds. The van der Waals surface area contributed by atoms with Gasteiger partial charge in [0.05, 0.1) is 5.75 Å². The molecule has 0 saturated heterocycles. The Morgan fingerprint density at radius 2 is 1.94 bits per heavy atom. The van der Waals surface area contributed by atoms with Crippen LogP contribution in [0, 0.1) is 5.82 Å². The Labute approximate surface area is 108 Å². The van der Waals surface area contributed by atoms with E-state index in [0.717, 1.165) is 0 Å². The number of halogens is 1. The molecular formula is C13H20FNO2S. The lowest BCUT2D eigenvalue weighted by Crippen LogP contribution is -2.27. The van der Waals surface area contributed by atoms with Crippen molar-refractivity contribution in [3.8, 4) is 0 Å². The Kier molecular flexibility index (Phi) is 5.75. The van der Waals surface area contributed by atoms with Gasteiger partial charge < -0.3 is 5.32 Å². The van der Waals surface area contributed by atoms with E-state index in [4.69, 9.17) is 0 Å². The third kappa shape index (κ3) is 4.74. The highest BCUT2D eigenvalue weighted by molar-refractivity contribution is 7.91. The molecule has 3 nitrogen and oxygen atoms in total. The summed E-state index contributed by atoms with van der Waals surface area (Å²) >= 11 is 0. The molecule has 1 N–H and O–H groups in total. The molecule has 0 saturated carbocycles. The molecule has 1 atom stereocenters. The van der Waals surface area contributed by atoms with Crippen molar-refractivity contribution >= 4 is 9.84 Å². The molecule has 0 bridgehead atoms. The van der Waals surface area contributed by atoms with Gasteiger partial charge in [-0.3, -0.25) is 0 Å².